The number of pyridine rings is 1. The van der Waals surface area contributed by atoms with Gasteiger partial charge in [0.2, 0.25) is 0 Å². The maximum Gasteiger partial charge on any atom is 0.254 e. The van der Waals surface area contributed by atoms with Crippen molar-refractivity contribution >= 4 is 36.5 Å². The van der Waals surface area contributed by atoms with Crippen LogP contribution >= 0.6 is 24.8 Å². The summed E-state index contributed by atoms with van der Waals surface area (Å²) in [5.41, 5.74) is 8.13. The molecule has 2 atom stereocenters. The maximum absolute atomic E-state index is 12.8. The number of benzene rings is 1. The largest absolute Gasteiger partial charge is 0.363 e. The van der Waals surface area contributed by atoms with Crippen LogP contribution in [-0.2, 0) is 0 Å². The van der Waals surface area contributed by atoms with E-state index in [1.165, 1.54) is 5.56 Å². The Kier molecular flexibility index (Phi) is 7.67. The molecule has 0 unspecified atom stereocenters. The second-order valence-corrected chi connectivity index (χ2v) is 6.19. The second-order valence-electron chi connectivity index (χ2n) is 6.19. The Labute approximate surface area is 161 Å². The van der Waals surface area contributed by atoms with E-state index < -0.39 is 0 Å². The molecule has 1 aromatic heterocycles. The first-order valence-electron chi connectivity index (χ1n) is 7.79. The highest BCUT2D eigenvalue weighted by Crippen LogP contribution is 2.27. The third kappa shape index (κ3) is 4.63. The fourth-order valence-electron chi connectivity index (χ4n) is 3.03. The van der Waals surface area contributed by atoms with E-state index in [0.29, 0.717) is 18.7 Å². The number of hydrogen-bond donors (Lipinski definition) is 1. The van der Waals surface area contributed by atoms with Crippen LogP contribution in [0, 0.1) is 0 Å². The number of amides is 1. The van der Waals surface area contributed by atoms with Gasteiger partial charge in [0.25, 0.3) is 5.91 Å². The van der Waals surface area contributed by atoms with Crippen molar-refractivity contribution in [2.45, 2.75) is 12.0 Å². The highest BCUT2D eigenvalue weighted by atomic mass is 35.5. The Balaban J connectivity index is 0.00000156. The van der Waals surface area contributed by atoms with E-state index in [1.807, 2.05) is 48.2 Å². The van der Waals surface area contributed by atoms with Gasteiger partial charge < -0.3 is 15.5 Å². The minimum atomic E-state index is -0.0310. The average molecular weight is 383 g/mol. The first kappa shape index (κ1) is 21.2. The number of anilines is 1. The number of nitrogens with two attached hydrogens (primary N) is 1. The molecular weight excluding hydrogens is 359 g/mol. The molecule has 1 fully saturated rings. The third-order valence-electron chi connectivity index (χ3n) is 4.33. The molecule has 1 aliphatic heterocycles. The molecule has 2 heterocycles. The first-order valence-corrected chi connectivity index (χ1v) is 7.79. The van der Waals surface area contributed by atoms with E-state index >= 15 is 0 Å². The number of halogens is 2. The van der Waals surface area contributed by atoms with Crippen molar-refractivity contribution < 1.29 is 4.79 Å². The molecule has 0 aliphatic carbocycles. The standard InChI is InChI=1S/C18H22N4O.2ClH/c1-21(2)17-10-14(8-9-20-17)18(23)22-11-15(16(19)12-22)13-6-4-3-5-7-13;;/h3-10,15-16H,11-12,19H2,1-2H3;2*1H/t15-,16+;;/m0../s1. The molecule has 3 rings (SSSR count). The fourth-order valence-corrected chi connectivity index (χ4v) is 3.03. The van der Waals surface area contributed by atoms with Gasteiger partial charge in [0, 0.05) is 50.9 Å². The lowest BCUT2D eigenvalue weighted by Crippen LogP contribution is -2.32. The topological polar surface area (TPSA) is 62.5 Å². The molecule has 7 heteroatoms. The Bertz CT molecular complexity index is 696. The normalized spacial score (nSPS) is 18.9. The van der Waals surface area contributed by atoms with Crippen LogP contribution in [0.3, 0.4) is 0 Å². The SMILES string of the molecule is CN(C)c1cc(C(=O)N2C[C@@H](N)[C@H](c3ccccc3)C2)ccn1.Cl.Cl. The molecular formula is C18H24Cl2N4O. The number of nitrogens with zero attached hydrogens (tertiary/aromatic N) is 3. The Morgan fingerprint density at radius 3 is 2.48 bits per heavy atom. The van der Waals surface area contributed by atoms with E-state index in [0.717, 1.165) is 5.82 Å². The zero-order valence-corrected chi connectivity index (χ0v) is 16.0. The Morgan fingerprint density at radius 2 is 1.84 bits per heavy atom. The number of aromatic nitrogens is 1. The van der Waals surface area contributed by atoms with Crippen molar-refractivity contribution in [3.63, 3.8) is 0 Å². The monoisotopic (exact) mass is 382 g/mol. The second kappa shape index (κ2) is 9.04. The fraction of sp³-hybridized carbons (Fsp3) is 0.333. The van der Waals surface area contributed by atoms with Gasteiger partial charge >= 0.3 is 0 Å². The van der Waals surface area contributed by atoms with Crippen LogP contribution in [0.1, 0.15) is 21.8 Å². The molecule has 0 bridgehead atoms. The summed E-state index contributed by atoms with van der Waals surface area (Å²) >= 11 is 0. The molecule has 2 N–H and O–H groups in total. The number of carbonyl (C=O) groups is 1. The van der Waals surface area contributed by atoms with Crippen molar-refractivity contribution in [1.82, 2.24) is 9.88 Å². The summed E-state index contributed by atoms with van der Waals surface area (Å²) in [6.07, 6.45) is 1.67. The smallest absolute Gasteiger partial charge is 0.254 e. The zero-order valence-electron chi connectivity index (χ0n) is 14.3. The molecule has 1 saturated heterocycles. The molecule has 0 spiro atoms. The molecule has 5 nitrogen and oxygen atoms in total. The van der Waals surface area contributed by atoms with Crippen LogP contribution in [0.4, 0.5) is 5.82 Å². The van der Waals surface area contributed by atoms with Crippen molar-refractivity contribution in [3.05, 3.63) is 59.8 Å². The van der Waals surface area contributed by atoms with Crippen LogP contribution in [0.15, 0.2) is 48.7 Å². The molecule has 0 saturated carbocycles. The molecule has 1 aliphatic rings. The predicted octanol–water partition coefficient (Wildman–Crippen LogP) is 2.56. The summed E-state index contributed by atoms with van der Waals surface area (Å²) in [7, 11) is 3.82. The van der Waals surface area contributed by atoms with Gasteiger partial charge in [-0.05, 0) is 17.7 Å². The van der Waals surface area contributed by atoms with Crippen molar-refractivity contribution in [1.29, 1.82) is 0 Å². The summed E-state index contributed by atoms with van der Waals surface area (Å²) in [5, 5.41) is 0. The first-order chi connectivity index (χ1) is 11.1. The third-order valence-corrected chi connectivity index (χ3v) is 4.33. The van der Waals surface area contributed by atoms with Crippen LogP contribution in [0.5, 0.6) is 0 Å². The van der Waals surface area contributed by atoms with Gasteiger partial charge in [-0.3, -0.25) is 4.79 Å². The van der Waals surface area contributed by atoms with E-state index in [2.05, 4.69) is 17.1 Å². The molecule has 1 aromatic carbocycles. The quantitative estimate of drug-likeness (QED) is 0.885. The van der Waals surface area contributed by atoms with Gasteiger partial charge in [0.1, 0.15) is 5.82 Å². The lowest BCUT2D eigenvalue weighted by atomic mass is 9.95. The van der Waals surface area contributed by atoms with Crippen LogP contribution in [0.2, 0.25) is 0 Å². The average Bonchev–Trinajstić information content (AvgIpc) is 2.97. The summed E-state index contributed by atoms with van der Waals surface area (Å²) in [6.45, 7) is 1.24. The lowest BCUT2D eigenvalue weighted by Gasteiger charge is -2.18. The van der Waals surface area contributed by atoms with Gasteiger partial charge in [0.05, 0.1) is 0 Å². The zero-order chi connectivity index (χ0) is 16.4. The number of likely N-dealkylation sites (tertiary alicyclic amines) is 1. The van der Waals surface area contributed by atoms with E-state index in [9.17, 15) is 4.79 Å². The van der Waals surface area contributed by atoms with Crippen LogP contribution in [0.25, 0.3) is 0 Å². The highest BCUT2D eigenvalue weighted by molar-refractivity contribution is 5.95. The van der Waals surface area contributed by atoms with Crippen molar-refractivity contribution in [2.75, 3.05) is 32.1 Å². The molecule has 136 valence electrons. The number of rotatable bonds is 3. The van der Waals surface area contributed by atoms with Gasteiger partial charge in [0.15, 0.2) is 0 Å². The van der Waals surface area contributed by atoms with Gasteiger partial charge in [-0.1, -0.05) is 30.3 Å². The van der Waals surface area contributed by atoms with E-state index in [4.69, 9.17) is 5.73 Å². The van der Waals surface area contributed by atoms with Gasteiger partial charge in [-0.15, -0.1) is 24.8 Å². The van der Waals surface area contributed by atoms with Crippen molar-refractivity contribution in [3.8, 4) is 0 Å². The van der Waals surface area contributed by atoms with E-state index in [-0.39, 0.29) is 42.7 Å². The summed E-state index contributed by atoms with van der Waals surface area (Å²) in [4.78, 5) is 20.8. The van der Waals surface area contributed by atoms with Gasteiger partial charge in [-0.25, -0.2) is 4.98 Å². The maximum atomic E-state index is 12.8. The number of hydrogen-bond acceptors (Lipinski definition) is 4. The number of carbonyl (C=O) groups excluding carboxylic acids is 1. The molecule has 1 amide bonds. The van der Waals surface area contributed by atoms with Crippen LogP contribution in [-0.4, -0.2) is 49.0 Å². The minimum absolute atomic E-state index is 0. The van der Waals surface area contributed by atoms with Crippen molar-refractivity contribution in [2.24, 2.45) is 5.73 Å². The van der Waals surface area contributed by atoms with E-state index in [1.54, 1.807) is 12.3 Å². The summed E-state index contributed by atoms with van der Waals surface area (Å²) < 4.78 is 0. The summed E-state index contributed by atoms with van der Waals surface area (Å²) in [5.74, 6) is 0.985. The Hall–Kier alpha value is -1.82. The minimum Gasteiger partial charge on any atom is -0.363 e. The lowest BCUT2D eigenvalue weighted by molar-refractivity contribution is 0.0789. The van der Waals surface area contributed by atoms with Gasteiger partial charge in [-0.2, -0.15) is 0 Å². The predicted molar refractivity (Wildman–Crippen MR) is 106 cm³/mol. The Morgan fingerprint density at radius 1 is 1.16 bits per heavy atom. The summed E-state index contributed by atoms with van der Waals surface area (Å²) in [6, 6.07) is 13.7. The highest BCUT2D eigenvalue weighted by Gasteiger charge is 2.34. The molecule has 25 heavy (non-hydrogen) atoms. The molecule has 0 radical (unpaired) electrons. The molecule has 2 aromatic rings. The van der Waals surface area contributed by atoms with Crippen LogP contribution < -0.4 is 10.6 Å².